The van der Waals surface area contributed by atoms with Crippen LogP contribution in [0.4, 0.5) is 11.6 Å². The van der Waals surface area contributed by atoms with Crippen LogP contribution in [0.25, 0.3) is 0 Å². The first-order chi connectivity index (χ1) is 8.29. The number of nitrogen functional groups attached to an aromatic ring is 1. The lowest BCUT2D eigenvalue weighted by Crippen LogP contribution is -2.16. The molecule has 0 saturated heterocycles. The third-order valence-corrected chi connectivity index (χ3v) is 1.93. The van der Waals surface area contributed by atoms with Gasteiger partial charge in [0.2, 0.25) is 0 Å². The van der Waals surface area contributed by atoms with Crippen LogP contribution in [0.3, 0.4) is 0 Å². The first-order valence-corrected chi connectivity index (χ1v) is 4.80. The van der Waals surface area contributed by atoms with Crippen molar-refractivity contribution < 1.29 is 4.79 Å². The number of hydrogen-bond acceptors (Lipinski definition) is 6. The van der Waals surface area contributed by atoms with Crippen molar-refractivity contribution >= 4 is 17.5 Å². The van der Waals surface area contributed by atoms with E-state index < -0.39 is 0 Å². The standard InChI is InChI=1S/C10H10N6O/c11-16-8-3-1-2-7(14-8)10(17)15-9-6-12-4-5-13-9/h1-6H,11H2,(H,14,16)(H,13,15,17). The van der Waals surface area contributed by atoms with E-state index in [4.69, 9.17) is 5.84 Å². The highest BCUT2D eigenvalue weighted by atomic mass is 16.1. The van der Waals surface area contributed by atoms with Crippen LogP contribution < -0.4 is 16.6 Å². The number of carbonyl (C=O) groups excluding carboxylic acids is 1. The number of aromatic nitrogens is 3. The van der Waals surface area contributed by atoms with Crippen molar-refractivity contribution in [1.82, 2.24) is 15.0 Å². The van der Waals surface area contributed by atoms with Gasteiger partial charge in [-0.25, -0.2) is 15.8 Å². The zero-order valence-corrected chi connectivity index (χ0v) is 8.79. The number of amides is 1. The number of pyridine rings is 1. The molecule has 0 aliphatic rings. The molecule has 0 atom stereocenters. The number of anilines is 2. The topological polar surface area (TPSA) is 106 Å². The second kappa shape index (κ2) is 4.99. The van der Waals surface area contributed by atoms with Crippen LogP contribution in [0.15, 0.2) is 36.8 Å². The van der Waals surface area contributed by atoms with E-state index in [-0.39, 0.29) is 11.6 Å². The lowest BCUT2D eigenvalue weighted by Gasteiger charge is -2.04. The van der Waals surface area contributed by atoms with Crippen molar-refractivity contribution in [2.45, 2.75) is 0 Å². The van der Waals surface area contributed by atoms with Gasteiger partial charge in [-0.1, -0.05) is 6.07 Å². The van der Waals surface area contributed by atoms with Crippen molar-refractivity contribution in [3.8, 4) is 0 Å². The van der Waals surface area contributed by atoms with Crippen LogP contribution in [0.1, 0.15) is 10.5 Å². The van der Waals surface area contributed by atoms with Gasteiger partial charge >= 0.3 is 0 Å². The maximum Gasteiger partial charge on any atom is 0.275 e. The highest BCUT2D eigenvalue weighted by molar-refractivity contribution is 6.02. The van der Waals surface area contributed by atoms with Gasteiger partial charge in [0.05, 0.1) is 6.20 Å². The maximum absolute atomic E-state index is 11.8. The summed E-state index contributed by atoms with van der Waals surface area (Å²) >= 11 is 0. The van der Waals surface area contributed by atoms with Crippen molar-refractivity contribution in [2.75, 3.05) is 10.7 Å². The van der Waals surface area contributed by atoms with Gasteiger partial charge in [0.25, 0.3) is 5.91 Å². The second-order valence-corrected chi connectivity index (χ2v) is 3.10. The van der Waals surface area contributed by atoms with Crippen LogP contribution in [-0.2, 0) is 0 Å². The Morgan fingerprint density at radius 3 is 2.82 bits per heavy atom. The SMILES string of the molecule is NNc1cccc(C(=O)Nc2cnccn2)n1. The van der Waals surface area contributed by atoms with Crippen LogP contribution in [-0.4, -0.2) is 20.9 Å². The summed E-state index contributed by atoms with van der Waals surface area (Å²) in [6, 6.07) is 4.90. The Morgan fingerprint density at radius 2 is 2.12 bits per heavy atom. The minimum Gasteiger partial charge on any atom is -0.308 e. The van der Waals surface area contributed by atoms with Crippen molar-refractivity contribution in [2.24, 2.45) is 5.84 Å². The van der Waals surface area contributed by atoms with E-state index in [2.05, 4.69) is 25.7 Å². The number of hydrogen-bond donors (Lipinski definition) is 3. The van der Waals surface area contributed by atoms with E-state index in [0.717, 1.165) is 0 Å². The number of carbonyl (C=O) groups is 1. The van der Waals surface area contributed by atoms with E-state index in [1.165, 1.54) is 18.6 Å². The Bertz CT molecular complexity index is 515. The van der Waals surface area contributed by atoms with Crippen LogP contribution in [0, 0.1) is 0 Å². The molecule has 0 radical (unpaired) electrons. The Labute approximate surface area is 97.1 Å². The summed E-state index contributed by atoms with van der Waals surface area (Å²) in [5.74, 6) is 5.61. The van der Waals surface area contributed by atoms with Gasteiger partial charge in [-0.2, -0.15) is 0 Å². The third kappa shape index (κ3) is 2.73. The minimum atomic E-state index is -0.373. The van der Waals surface area contributed by atoms with Gasteiger partial charge < -0.3 is 10.7 Å². The largest absolute Gasteiger partial charge is 0.308 e. The van der Waals surface area contributed by atoms with Crippen LogP contribution in [0.2, 0.25) is 0 Å². The smallest absolute Gasteiger partial charge is 0.275 e. The molecule has 0 aliphatic heterocycles. The number of nitrogens with one attached hydrogen (secondary N) is 2. The minimum absolute atomic E-state index is 0.242. The summed E-state index contributed by atoms with van der Waals surface area (Å²) < 4.78 is 0. The molecule has 0 spiro atoms. The summed E-state index contributed by atoms with van der Waals surface area (Å²) in [6.07, 6.45) is 4.46. The Kier molecular flexibility index (Phi) is 3.22. The third-order valence-electron chi connectivity index (χ3n) is 1.93. The Morgan fingerprint density at radius 1 is 1.24 bits per heavy atom. The lowest BCUT2D eigenvalue weighted by atomic mass is 10.3. The van der Waals surface area contributed by atoms with Crippen molar-refractivity contribution in [3.63, 3.8) is 0 Å². The van der Waals surface area contributed by atoms with E-state index in [9.17, 15) is 4.79 Å². The first-order valence-electron chi connectivity index (χ1n) is 4.80. The van der Waals surface area contributed by atoms with E-state index >= 15 is 0 Å². The average molecular weight is 230 g/mol. The number of nitrogens with zero attached hydrogens (tertiary/aromatic N) is 3. The predicted octanol–water partition coefficient (Wildman–Crippen LogP) is 0.409. The fourth-order valence-corrected chi connectivity index (χ4v) is 1.19. The molecule has 0 saturated carbocycles. The zero-order valence-electron chi connectivity index (χ0n) is 8.79. The van der Waals surface area contributed by atoms with E-state index in [1.807, 2.05) is 0 Å². The summed E-state index contributed by atoms with van der Waals surface area (Å²) in [4.78, 5) is 23.5. The zero-order chi connectivity index (χ0) is 12.1. The van der Waals surface area contributed by atoms with Gasteiger partial charge in [-0.3, -0.25) is 9.78 Å². The molecule has 0 bridgehead atoms. The van der Waals surface area contributed by atoms with Crippen molar-refractivity contribution in [1.29, 1.82) is 0 Å². The average Bonchev–Trinajstić information content (AvgIpc) is 2.40. The molecule has 0 aromatic carbocycles. The number of hydrazine groups is 1. The first kappa shape index (κ1) is 11.0. The maximum atomic E-state index is 11.8. The quantitative estimate of drug-likeness (QED) is 0.521. The lowest BCUT2D eigenvalue weighted by molar-refractivity contribution is 0.102. The molecular formula is C10H10N6O. The van der Waals surface area contributed by atoms with Gasteiger partial charge in [0.1, 0.15) is 11.5 Å². The van der Waals surface area contributed by atoms with Gasteiger partial charge in [-0.05, 0) is 12.1 Å². The summed E-state index contributed by atoms with van der Waals surface area (Å²) in [5, 5.41) is 2.57. The monoisotopic (exact) mass is 230 g/mol. The summed E-state index contributed by atoms with van der Waals surface area (Å²) in [5.41, 5.74) is 2.61. The fourth-order valence-electron chi connectivity index (χ4n) is 1.19. The van der Waals surface area contributed by atoms with Gasteiger partial charge in [-0.15, -0.1) is 0 Å². The van der Waals surface area contributed by atoms with Gasteiger partial charge in [0.15, 0.2) is 5.82 Å². The highest BCUT2D eigenvalue weighted by Gasteiger charge is 2.08. The summed E-state index contributed by atoms with van der Waals surface area (Å²) in [7, 11) is 0. The Hall–Kier alpha value is -2.54. The molecule has 7 nitrogen and oxygen atoms in total. The number of rotatable bonds is 3. The molecule has 4 N–H and O–H groups in total. The molecule has 2 rings (SSSR count). The normalized spacial score (nSPS) is 9.71. The molecular weight excluding hydrogens is 220 g/mol. The predicted molar refractivity (Wildman–Crippen MR) is 62.0 cm³/mol. The van der Waals surface area contributed by atoms with Crippen molar-refractivity contribution in [3.05, 3.63) is 42.5 Å². The molecule has 2 aromatic heterocycles. The summed E-state index contributed by atoms with van der Waals surface area (Å²) in [6.45, 7) is 0. The fraction of sp³-hybridized carbons (Fsp3) is 0. The Balaban J connectivity index is 2.14. The molecule has 7 heteroatoms. The second-order valence-electron chi connectivity index (χ2n) is 3.10. The molecule has 0 unspecified atom stereocenters. The van der Waals surface area contributed by atoms with E-state index in [0.29, 0.717) is 11.6 Å². The number of nitrogens with two attached hydrogens (primary N) is 1. The molecule has 86 valence electrons. The van der Waals surface area contributed by atoms with Gasteiger partial charge in [0, 0.05) is 12.4 Å². The highest BCUT2D eigenvalue weighted by Crippen LogP contribution is 2.06. The van der Waals surface area contributed by atoms with Crippen LogP contribution in [0.5, 0.6) is 0 Å². The molecule has 1 amide bonds. The molecule has 17 heavy (non-hydrogen) atoms. The molecule has 2 heterocycles. The van der Waals surface area contributed by atoms with E-state index in [1.54, 1.807) is 18.2 Å². The molecule has 2 aromatic rings. The van der Waals surface area contributed by atoms with Crippen LogP contribution >= 0.6 is 0 Å². The molecule has 0 aliphatic carbocycles. The molecule has 0 fully saturated rings.